The molecule has 9 heteroatoms. The van der Waals surface area contributed by atoms with Crippen LogP contribution in [0, 0.1) is 11.3 Å². The van der Waals surface area contributed by atoms with Crippen LogP contribution in [0.4, 0.5) is 9.59 Å². The number of nitrogens with two attached hydrogens (primary N) is 1. The molecule has 0 radical (unpaired) electrons. The van der Waals surface area contributed by atoms with E-state index in [1.165, 1.54) is 0 Å². The molecule has 9 nitrogen and oxygen atoms in total. The Morgan fingerprint density at radius 1 is 1.00 bits per heavy atom. The summed E-state index contributed by atoms with van der Waals surface area (Å²) in [7, 11) is 0. The van der Waals surface area contributed by atoms with Crippen LogP contribution in [0.5, 0.6) is 5.75 Å². The molecule has 0 aliphatic heterocycles. The molecule has 2 N–H and O–H groups in total. The molecule has 0 aromatic heterocycles. The van der Waals surface area contributed by atoms with E-state index in [9.17, 15) is 14.9 Å². The summed E-state index contributed by atoms with van der Waals surface area (Å²) >= 11 is 0. The van der Waals surface area contributed by atoms with Crippen molar-refractivity contribution in [3.05, 3.63) is 54.1 Å². The van der Waals surface area contributed by atoms with E-state index in [-0.39, 0.29) is 19.1 Å². The van der Waals surface area contributed by atoms with Crippen LogP contribution in [0.2, 0.25) is 0 Å². The molecule has 0 saturated heterocycles. The second-order valence-electron chi connectivity index (χ2n) is 9.62. The third kappa shape index (κ3) is 9.01. The van der Waals surface area contributed by atoms with E-state index in [4.69, 9.17) is 19.9 Å². The number of nitrogens with zero attached hydrogens (tertiary/aromatic N) is 3. The van der Waals surface area contributed by atoms with E-state index < -0.39 is 23.4 Å². The molecule has 0 bridgehead atoms. The molecule has 0 unspecified atom stereocenters. The molecular weight excluding hydrogens is 448 g/mol. The lowest BCUT2D eigenvalue weighted by Gasteiger charge is -2.27. The van der Waals surface area contributed by atoms with E-state index in [0.29, 0.717) is 11.3 Å². The predicted octanol–water partition coefficient (Wildman–Crippen LogP) is 5.09. The van der Waals surface area contributed by atoms with E-state index in [1.54, 1.807) is 65.8 Å². The van der Waals surface area contributed by atoms with Gasteiger partial charge in [-0.15, -0.1) is 4.99 Å². The van der Waals surface area contributed by atoms with Gasteiger partial charge in [-0.05, 0) is 65.3 Å². The van der Waals surface area contributed by atoms with Gasteiger partial charge in [0.25, 0.3) is 0 Å². The van der Waals surface area contributed by atoms with Crippen molar-refractivity contribution in [3.8, 4) is 22.9 Å². The van der Waals surface area contributed by atoms with Gasteiger partial charge in [0.2, 0.25) is 5.96 Å². The molecule has 0 aliphatic carbocycles. The maximum Gasteiger partial charge on any atom is 0.437 e. The van der Waals surface area contributed by atoms with Crippen molar-refractivity contribution >= 4 is 18.1 Å². The number of rotatable bonds is 5. The molecule has 2 aromatic carbocycles. The fourth-order valence-corrected chi connectivity index (χ4v) is 2.89. The van der Waals surface area contributed by atoms with Gasteiger partial charge in [-0.3, -0.25) is 0 Å². The van der Waals surface area contributed by atoms with Crippen molar-refractivity contribution in [3.63, 3.8) is 0 Å². The summed E-state index contributed by atoms with van der Waals surface area (Å²) in [6.07, 6.45) is -1.70. The van der Waals surface area contributed by atoms with E-state index in [1.807, 2.05) is 24.3 Å². The van der Waals surface area contributed by atoms with Gasteiger partial charge in [-0.25, -0.2) is 14.5 Å². The van der Waals surface area contributed by atoms with Gasteiger partial charge in [0, 0.05) is 5.56 Å². The van der Waals surface area contributed by atoms with Crippen molar-refractivity contribution in [1.29, 1.82) is 5.26 Å². The third-order valence-corrected chi connectivity index (χ3v) is 4.25. The fourth-order valence-electron chi connectivity index (χ4n) is 2.89. The van der Waals surface area contributed by atoms with E-state index in [2.05, 4.69) is 11.1 Å². The lowest BCUT2D eigenvalue weighted by molar-refractivity contribution is 0.0350. The molecule has 2 aromatic rings. The number of carbonyl (C=O) groups is 2. The summed E-state index contributed by atoms with van der Waals surface area (Å²) in [5.41, 5.74) is 6.54. The Labute approximate surface area is 206 Å². The normalized spacial score (nSPS) is 11.9. The van der Waals surface area contributed by atoms with Crippen LogP contribution in [0.1, 0.15) is 47.1 Å². The minimum atomic E-state index is -0.924. The number of benzene rings is 2. The molecule has 186 valence electrons. The number of ether oxygens (including phenoxy) is 3. The van der Waals surface area contributed by atoms with Crippen LogP contribution in [-0.4, -0.2) is 47.4 Å². The van der Waals surface area contributed by atoms with Crippen LogP contribution < -0.4 is 10.5 Å². The largest absolute Gasteiger partial charge is 0.491 e. The first-order chi connectivity index (χ1) is 16.3. The van der Waals surface area contributed by atoms with Crippen molar-refractivity contribution in [2.45, 2.75) is 52.7 Å². The fraction of sp³-hybridized carbons (Fsp3) is 0.385. The van der Waals surface area contributed by atoms with Gasteiger partial charge >= 0.3 is 12.2 Å². The molecule has 0 fully saturated rings. The highest BCUT2D eigenvalue weighted by molar-refractivity contribution is 5.98. The Hall–Kier alpha value is -4.06. The first kappa shape index (κ1) is 27.2. The zero-order valence-electron chi connectivity index (χ0n) is 21.0. The van der Waals surface area contributed by atoms with Crippen molar-refractivity contribution in [2.24, 2.45) is 10.7 Å². The van der Waals surface area contributed by atoms with Crippen molar-refractivity contribution in [2.75, 3.05) is 13.2 Å². The summed E-state index contributed by atoms with van der Waals surface area (Å²) in [5, 5.41) is 9.20. The third-order valence-electron chi connectivity index (χ3n) is 4.25. The lowest BCUT2D eigenvalue weighted by atomic mass is 10.0. The number of carbonyl (C=O) groups excluding carboxylic acids is 2. The molecular formula is C26H32N4O5. The van der Waals surface area contributed by atoms with Gasteiger partial charge in [0.15, 0.2) is 0 Å². The Balaban J connectivity index is 2.22. The van der Waals surface area contributed by atoms with Crippen LogP contribution in [0.15, 0.2) is 53.5 Å². The molecule has 0 heterocycles. The van der Waals surface area contributed by atoms with Crippen LogP contribution >= 0.6 is 0 Å². The average molecular weight is 481 g/mol. The standard InChI is InChI=1S/C26H32N4O5/c1-25(2,3)34-23(31)29-22(28)30(24(32)35-26(4,5)6)14-15-33-21-13-8-7-12-20(21)19-11-9-10-18(16-19)17-27/h7-13,16H,14-15H2,1-6H3,(H2,28,29,31). The second kappa shape index (κ2) is 11.4. The molecule has 35 heavy (non-hydrogen) atoms. The minimum absolute atomic E-state index is 0.0265. The smallest absolute Gasteiger partial charge is 0.437 e. The van der Waals surface area contributed by atoms with Crippen LogP contribution in [0.25, 0.3) is 11.1 Å². The second-order valence-corrected chi connectivity index (χ2v) is 9.62. The summed E-state index contributed by atoms with van der Waals surface area (Å²) < 4.78 is 16.5. The summed E-state index contributed by atoms with van der Waals surface area (Å²) in [5.74, 6) is 0.182. The highest BCUT2D eigenvalue weighted by Crippen LogP contribution is 2.30. The zero-order chi connectivity index (χ0) is 26.2. The number of hydrogen-bond acceptors (Lipinski definition) is 6. The number of amides is 2. The van der Waals surface area contributed by atoms with Gasteiger partial charge < -0.3 is 19.9 Å². The van der Waals surface area contributed by atoms with E-state index >= 15 is 0 Å². The quantitative estimate of drug-likeness (QED) is 0.466. The Kier molecular flexibility index (Phi) is 8.84. The Morgan fingerprint density at radius 3 is 2.29 bits per heavy atom. The summed E-state index contributed by atoms with van der Waals surface area (Å²) in [6.45, 7) is 10.2. The molecule has 0 spiro atoms. The number of nitriles is 1. The highest BCUT2D eigenvalue weighted by Gasteiger charge is 2.26. The first-order valence-electron chi connectivity index (χ1n) is 11.1. The topological polar surface area (TPSA) is 127 Å². The minimum Gasteiger partial charge on any atom is -0.491 e. The summed E-state index contributed by atoms with van der Waals surface area (Å²) in [6, 6.07) is 16.6. The number of hydrogen-bond donors (Lipinski definition) is 1. The average Bonchev–Trinajstić information content (AvgIpc) is 2.74. The predicted molar refractivity (Wildman–Crippen MR) is 133 cm³/mol. The van der Waals surface area contributed by atoms with Gasteiger partial charge in [-0.1, -0.05) is 30.3 Å². The molecule has 0 atom stereocenters. The Bertz CT molecular complexity index is 1120. The van der Waals surface area contributed by atoms with Crippen molar-refractivity contribution in [1.82, 2.24) is 4.90 Å². The molecule has 0 saturated carbocycles. The number of para-hydroxylation sites is 1. The number of guanidine groups is 1. The van der Waals surface area contributed by atoms with Gasteiger partial charge in [0.05, 0.1) is 18.2 Å². The maximum absolute atomic E-state index is 12.8. The zero-order valence-corrected chi connectivity index (χ0v) is 21.0. The Morgan fingerprint density at radius 2 is 1.66 bits per heavy atom. The lowest BCUT2D eigenvalue weighted by Crippen LogP contribution is -2.47. The first-order valence-corrected chi connectivity index (χ1v) is 11.1. The van der Waals surface area contributed by atoms with Crippen molar-refractivity contribution < 1.29 is 23.8 Å². The maximum atomic E-state index is 12.8. The molecule has 0 aliphatic rings. The monoisotopic (exact) mass is 480 g/mol. The summed E-state index contributed by atoms with van der Waals surface area (Å²) in [4.78, 5) is 29.6. The van der Waals surface area contributed by atoms with Crippen LogP contribution in [0.3, 0.4) is 0 Å². The molecule has 2 rings (SSSR count). The van der Waals surface area contributed by atoms with Gasteiger partial charge in [-0.2, -0.15) is 5.26 Å². The van der Waals surface area contributed by atoms with Crippen LogP contribution in [-0.2, 0) is 9.47 Å². The molecule has 2 amide bonds. The highest BCUT2D eigenvalue weighted by atomic mass is 16.6. The van der Waals surface area contributed by atoms with Gasteiger partial charge in [0.1, 0.15) is 23.6 Å². The SMILES string of the molecule is CC(C)(C)OC(=O)N=C(N)N(CCOc1ccccc1-c1cccc(C#N)c1)C(=O)OC(C)(C)C. The van der Waals surface area contributed by atoms with E-state index in [0.717, 1.165) is 16.0 Å². The number of aliphatic imine (C=N–C) groups is 1.